The molecular weight excluding hydrogens is 677 g/mol. The van der Waals surface area contributed by atoms with E-state index in [9.17, 15) is 10.5 Å². The Morgan fingerprint density at radius 1 is 0.473 bits per heavy atom. The molecule has 0 spiro atoms. The van der Waals surface area contributed by atoms with Crippen molar-refractivity contribution < 1.29 is 13.6 Å². The molecule has 55 heavy (non-hydrogen) atoms. The number of ether oxygens (including phenoxy) is 1. The van der Waals surface area contributed by atoms with Crippen molar-refractivity contribution >= 4 is 43.9 Å². The highest BCUT2D eigenvalue weighted by molar-refractivity contribution is 6.14. The minimum atomic E-state index is -0.0772. The summed E-state index contributed by atoms with van der Waals surface area (Å²) in [4.78, 5) is 0. The van der Waals surface area contributed by atoms with Crippen molar-refractivity contribution in [2.45, 2.75) is 12.0 Å². The molecule has 2 aliphatic rings. The number of hydrogen-bond donors (Lipinski definition) is 0. The second kappa shape index (κ2) is 12.0. The van der Waals surface area contributed by atoms with Crippen molar-refractivity contribution in [3.05, 3.63) is 174 Å². The van der Waals surface area contributed by atoms with E-state index in [0.29, 0.717) is 11.1 Å². The lowest BCUT2D eigenvalue weighted by molar-refractivity contribution is 0.269. The van der Waals surface area contributed by atoms with Crippen LogP contribution < -0.4 is 4.74 Å². The van der Waals surface area contributed by atoms with Crippen LogP contribution in [0.15, 0.2) is 167 Å². The Hall–Kier alpha value is -7.60. The van der Waals surface area contributed by atoms with Gasteiger partial charge >= 0.3 is 0 Å². The Kier molecular flexibility index (Phi) is 6.74. The first-order valence-electron chi connectivity index (χ1n) is 18.3. The summed E-state index contributed by atoms with van der Waals surface area (Å²) in [5.41, 5.74) is 13.2. The topological polar surface area (TPSA) is 83.1 Å². The molecule has 2 aromatic heterocycles. The van der Waals surface area contributed by atoms with Gasteiger partial charge in [0, 0.05) is 44.2 Å². The Balaban J connectivity index is 1.13. The van der Waals surface area contributed by atoms with E-state index in [1.807, 2.05) is 72.8 Å². The van der Waals surface area contributed by atoms with Crippen molar-refractivity contribution in [3.8, 4) is 62.4 Å². The van der Waals surface area contributed by atoms with Gasteiger partial charge < -0.3 is 13.6 Å². The third-order valence-corrected chi connectivity index (χ3v) is 11.1. The number of fused-ring (bicyclic) bond motifs is 9. The summed E-state index contributed by atoms with van der Waals surface area (Å²) in [5, 5.41) is 24.3. The molecule has 7 aromatic carbocycles. The molecule has 2 atom stereocenters. The quantitative estimate of drug-likeness (QED) is 0.182. The maximum absolute atomic E-state index is 10.9. The molecule has 3 heterocycles. The van der Waals surface area contributed by atoms with E-state index in [1.54, 1.807) is 6.07 Å². The summed E-state index contributed by atoms with van der Waals surface area (Å²) in [6.07, 6.45) is 8.33. The van der Waals surface area contributed by atoms with Crippen LogP contribution in [0.25, 0.3) is 88.4 Å². The molecular formula is C50H28N2O3. The number of rotatable bonds is 4. The molecule has 1 aliphatic carbocycles. The lowest BCUT2D eigenvalue weighted by Crippen LogP contribution is -2.15. The predicted molar refractivity (Wildman–Crippen MR) is 218 cm³/mol. The maximum Gasteiger partial charge on any atom is 0.136 e. The first-order chi connectivity index (χ1) is 27.1. The molecule has 0 N–H and O–H groups in total. The zero-order valence-corrected chi connectivity index (χ0v) is 29.3. The minimum absolute atomic E-state index is 0.0545. The fourth-order valence-electron chi connectivity index (χ4n) is 8.58. The van der Waals surface area contributed by atoms with Gasteiger partial charge in [0.1, 0.15) is 40.3 Å². The van der Waals surface area contributed by atoms with Crippen LogP contribution in [0.5, 0.6) is 5.75 Å². The van der Waals surface area contributed by atoms with E-state index >= 15 is 0 Å². The van der Waals surface area contributed by atoms with E-state index in [-0.39, 0.29) is 12.0 Å². The molecule has 11 rings (SSSR count). The van der Waals surface area contributed by atoms with Gasteiger partial charge in [-0.25, -0.2) is 0 Å². The average molecular weight is 705 g/mol. The molecule has 9 aromatic rings. The van der Waals surface area contributed by atoms with Gasteiger partial charge in [0.15, 0.2) is 0 Å². The highest BCUT2D eigenvalue weighted by atomic mass is 16.5. The van der Waals surface area contributed by atoms with Crippen molar-refractivity contribution in [3.63, 3.8) is 0 Å². The zero-order chi connectivity index (χ0) is 36.6. The standard InChI is InChI=1S/C50H28N2O3/c51-27-29-16-19-44-39(22-29)40-23-31(17-20-45(40)53-44)32-18-21-46-41(24-32)49-34(11-6-14-47(49)55-46)33-25-37(30-8-2-1-3-9-30)42(28-52)38(26-33)35-12-7-15-48-50(35)36-10-4-5-13-43(36)54-48/h1-26,36,43H. The number of furan rings is 2. The number of nitrogens with zero attached hydrogens (tertiary/aromatic N) is 2. The van der Waals surface area contributed by atoms with Crippen molar-refractivity contribution in [1.82, 2.24) is 0 Å². The number of nitriles is 2. The largest absolute Gasteiger partial charge is 0.485 e. The van der Waals surface area contributed by atoms with Gasteiger partial charge in [0.25, 0.3) is 0 Å². The third-order valence-electron chi connectivity index (χ3n) is 11.1. The lowest BCUT2D eigenvalue weighted by atomic mass is 9.82. The SMILES string of the molecule is N#Cc1ccc2oc3ccc(-c4ccc5oc6cccc(-c7cc(-c8ccccc8)c(C#N)c(-c8cccc9c8C8C=CC=CC8O9)c7)c6c5c4)cc3c2c1. The van der Waals surface area contributed by atoms with Gasteiger partial charge in [0.05, 0.1) is 17.2 Å². The van der Waals surface area contributed by atoms with Crippen molar-refractivity contribution in [2.75, 3.05) is 0 Å². The van der Waals surface area contributed by atoms with Crippen LogP contribution in [0.4, 0.5) is 0 Å². The Morgan fingerprint density at radius 2 is 1.16 bits per heavy atom. The van der Waals surface area contributed by atoms with Gasteiger partial charge in [-0.05, 0) is 106 Å². The van der Waals surface area contributed by atoms with E-state index in [0.717, 1.165) is 99.7 Å². The molecule has 0 fully saturated rings. The number of benzene rings is 7. The molecule has 1 aliphatic heterocycles. The summed E-state index contributed by atoms with van der Waals surface area (Å²) in [6, 6.07) is 49.7. The smallest absolute Gasteiger partial charge is 0.136 e. The van der Waals surface area contributed by atoms with Gasteiger partial charge in [0.2, 0.25) is 0 Å². The van der Waals surface area contributed by atoms with Crippen LogP contribution in [0.2, 0.25) is 0 Å². The fourth-order valence-corrected chi connectivity index (χ4v) is 8.58. The molecule has 0 bridgehead atoms. The maximum atomic E-state index is 10.9. The molecule has 0 amide bonds. The number of hydrogen-bond acceptors (Lipinski definition) is 5. The molecule has 0 radical (unpaired) electrons. The first-order valence-corrected chi connectivity index (χ1v) is 18.3. The second-order valence-electron chi connectivity index (χ2n) is 14.1. The third kappa shape index (κ3) is 4.78. The Labute approximate surface area is 315 Å². The minimum Gasteiger partial charge on any atom is -0.485 e. The van der Waals surface area contributed by atoms with Gasteiger partial charge in [-0.15, -0.1) is 0 Å². The Morgan fingerprint density at radius 3 is 1.98 bits per heavy atom. The van der Waals surface area contributed by atoms with E-state index in [2.05, 4.69) is 91.0 Å². The average Bonchev–Trinajstić information content (AvgIpc) is 3.93. The fraction of sp³-hybridized carbons (Fsp3) is 0.0400. The molecule has 256 valence electrons. The van der Waals surface area contributed by atoms with Gasteiger partial charge in [-0.3, -0.25) is 0 Å². The lowest BCUT2D eigenvalue weighted by Gasteiger charge is -2.19. The van der Waals surface area contributed by atoms with Crippen molar-refractivity contribution in [2.24, 2.45) is 0 Å². The van der Waals surface area contributed by atoms with Gasteiger partial charge in [-0.1, -0.05) is 85.0 Å². The normalized spacial score (nSPS) is 15.6. The summed E-state index contributed by atoms with van der Waals surface area (Å²) >= 11 is 0. The van der Waals surface area contributed by atoms with Gasteiger partial charge in [-0.2, -0.15) is 10.5 Å². The van der Waals surface area contributed by atoms with Crippen LogP contribution in [0, 0.1) is 22.7 Å². The Bertz CT molecular complexity index is 3220. The van der Waals surface area contributed by atoms with E-state index in [4.69, 9.17) is 13.6 Å². The summed E-state index contributed by atoms with van der Waals surface area (Å²) in [5.74, 6) is 0.903. The summed E-state index contributed by atoms with van der Waals surface area (Å²) in [6.45, 7) is 0. The zero-order valence-electron chi connectivity index (χ0n) is 29.3. The molecule has 5 nitrogen and oxygen atoms in total. The molecule has 0 saturated carbocycles. The summed E-state index contributed by atoms with van der Waals surface area (Å²) < 4.78 is 19.0. The van der Waals surface area contributed by atoms with Crippen LogP contribution in [0.1, 0.15) is 22.6 Å². The van der Waals surface area contributed by atoms with Crippen LogP contribution in [-0.2, 0) is 0 Å². The summed E-state index contributed by atoms with van der Waals surface area (Å²) in [7, 11) is 0. The highest BCUT2D eigenvalue weighted by Gasteiger charge is 2.35. The van der Waals surface area contributed by atoms with Crippen LogP contribution in [0.3, 0.4) is 0 Å². The van der Waals surface area contributed by atoms with E-state index < -0.39 is 0 Å². The molecule has 0 saturated heterocycles. The first kappa shape index (κ1) is 31.0. The van der Waals surface area contributed by atoms with E-state index in [1.165, 1.54) is 0 Å². The molecule has 2 unspecified atom stereocenters. The number of allylic oxidation sites excluding steroid dienone is 2. The van der Waals surface area contributed by atoms with Crippen molar-refractivity contribution in [1.29, 1.82) is 10.5 Å². The second-order valence-corrected chi connectivity index (χ2v) is 14.1. The van der Waals surface area contributed by atoms with Crippen LogP contribution in [-0.4, -0.2) is 6.10 Å². The van der Waals surface area contributed by atoms with Crippen LogP contribution >= 0.6 is 0 Å². The predicted octanol–water partition coefficient (Wildman–Crippen LogP) is 12.9. The monoisotopic (exact) mass is 704 g/mol. The molecule has 5 heteroatoms. The highest BCUT2D eigenvalue weighted by Crippen LogP contribution is 2.49.